The third-order valence-electron chi connectivity index (χ3n) is 6.81. The SMILES string of the molecule is Cn1nc(C2CCC(=O)NC2=O)c2cccc(NC(=O)CCCCCCN3CCCCC3)c21. The van der Waals surface area contributed by atoms with Gasteiger partial charge in [-0.25, -0.2) is 0 Å². The molecule has 1 aromatic heterocycles. The Kier molecular flexibility index (Phi) is 7.75. The predicted molar refractivity (Wildman–Crippen MR) is 128 cm³/mol. The van der Waals surface area contributed by atoms with E-state index in [0.29, 0.717) is 30.6 Å². The zero-order valence-electron chi connectivity index (χ0n) is 19.6. The van der Waals surface area contributed by atoms with Crippen molar-refractivity contribution in [2.45, 2.75) is 70.1 Å². The van der Waals surface area contributed by atoms with E-state index in [4.69, 9.17) is 0 Å². The molecule has 8 heteroatoms. The van der Waals surface area contributed by atoms with E-state index < -0.39 is 5.92 Å². The molecule has 3 heterocycles. The van der Waals surface area contributed by atoms with Crippen LogP contribution in [-0.2, 0) is 21.4 Å². The lowest BCUT2D eigenvalue weighted by molar-refractivity contribution is -0.134. The number of hydrogen-bond donors (Lipinski definition) is 2. The van der Waals surface area contributed by atoms with Crippen LogP contribution in [0.5, 0.6) is 0 Å². The van der Waals surface area contributed by atoms with E-state index >= 15 is 0 Å². The normalized spacial score (nSPS) is 19.6. The van der Waals surface area contributed by atoms with Gasteiger partial charge in [-0.15, -0.1) is 0 Å². The van der Waals surface area contributed by atoms with Gasteiger partial charge < -0.3 is 10.2 Å². The Bertz CT molecular complexity index is 1010. The van der Waals surface area contributed by atoms with Gasteiger partial charge in [0.25, 0.3) is 0 Å². The summed E-state index contributed by atoms with van der Waals surface area (Å²) in [4.78, 5) is 39.0. The highest BCUT2D eigenvalue weighted by Gasteiger charge is 2.32. The number of carbonyl (C=O) groups excluding carboxylic acids is 3. The maximum atomic E-state index is 12.6. The Balaban J connectivity index is 1.30. The first-order chi connectivity index (χ1) is 16.0. The average molecular weight is 454 g/mol. The van der Waals surface area contributed by atoms with Crippen molar-refractivity contribution >= 4 is 34.3 Å². The first-order valence-corrected chi connectivity index (χ1v) is 12.3. The van der Waals surface area contributed by atoms with Crippen molar-refractivity contribution in [1.29, 1.82) is 0 Å². The summed E-state index contributed by atoms with van der Waals surface area (Å²) in [5.74, 6) is -0.999. The van der Waals surface area contributed by atoms with Gasteiger partial charge in [-0.05, 0) is 57.8 Å². The quantitative estimate of drug-likeness (QED) is 0.448. The highest BCUT2D eigenvalue weighted by Crippen LogP contribution is 2.33. The minimum absolute atomic E-state index is 0.00212. The fourth-order valence-corrected chi connectivity index (χ4v) is 5.05. The van der Waals surface area contributed by atoms with Crippen LogP contribution >= 0.6 is 0 Å². The molecule has 3 amide bonds. The molecule has 2 aromatic rings. The summed E-state index contributed by atoms with van der Waals surface area (Å²) in [7, 11) is 1.82. The molecular formula is C25H35N5O3. The number of anilines is 1. The van der Waals surface area contributed by atoms with E-state index in [-0.39, 0.29) is 17.7 Å². The standard InChI is InChI=1S/C25H35N5O3/c1-29-24-18(23(28-29)19-13-14-22(32)27-25(19)33)10-9-11-20(24)26-21(31)12-5-2-3-6-15-30-16-7-4-8-17-30/h9-11,19H,2-8,12-17H2,1H3,(H,26,31)(H,27,32,33). The number of nitrogens with zero attached hydrogens (tertiary/aromatic N) is 3. The number of aromatic nitrogens is 2. The molecule has 0 spiro atoms. The third kappa shape index (κ3) is 5.79. The van der Waals surface area contributed by atoms with Gasteiger partial charge in [0.15, 0.2) is 0 Å². The molecule has 0 saturated carbocycles. The summed E-state index contributed by atoms with van der Waals surface area (Å²) in [6, 6.07) is 5.66. The Hall–Kier alpha value is -2.74. The monoisotopic (exact) mass is 453 g/mol. The fraction of sp³-hybridized carbons (Fsp3) is 0.600. The van der Waals surface area contributed by atoms with Crippen LogP contribution in [0.1, 0.15) is 75.8 Å². The summed E-state index contributed by atoms with van der Waals surface area (Å²) >= 11 is 0. The number of fused-ring (bicyclic) bond motifs is 1. The first-order valence-electron chi connectivity index (χ1n) is 12.3. The van der Waals surface area contributed by atoms with Crippen molar-refractivity contribution < 1.29 is 14.4 Å². The molecule has 1 atom stereocenters. The lowest BCUT2D eigenvalue weighted by Crippen LogP contribution is -2.39. The molecule has 0 bridgehead atoms. The Morgan fingerprint density at radius 2 is 1.91 bits per heavy atom. The molecule has 1 unspecified atom stereocenters. The highest BCUT2D eigenvalue weighted by molar-refractivity contribution is 6.05. The Morgan fingerprint density at radius 1 is 1.12 bits per heavy atom. The predicted octanol–water partition coefficient (Wildman–Crippen LogP) is 3.47. The summed E-state index contributed by atoms with van der Waals surface area (Å²) in [5, 5.41) is 10.9. The van der Waals surface area contributed by atoms with Crippen molar-refractivity contribution in [3.8, 4) is 0 Å². The molecule has 33 heavy (non-hydrogen) atoms. The molecule has 2 N–H and O–H groups in total. The van der Waals surface area contributed by atoms with Crippen LogP contribution in [0, 0.1) is 0 Å². The molecule has 2 fully saturated rings. The molecule has 2 saturated heterocycles. The largest absolute Gasteiger partial charge is 0.324 e. The molecule has 4 rings (SSSR count). The number of carbonyl (C=O) groups is 3. The number of amides is 3. The van der Waals surface area contributed by atoms with Gasteiger partial charge in [-0.3, -0.25) is 24.4 Å². The Labute approximate surface area is 195 Å². The van der Waals surface area contributed by atoms with E-state index in [1.807, 2.05) is 25.2 Å². The fourth-order valence-electron chi connectivity index (χ4n) is 5.05. The molecule has 2 aliphatic rings. The van der Waals surface area contributed by atoms with Gasteiger partial charge in [0.1, 0.15) is 0 Å². The van der Waals surface area contributed by atoms with Crippen molar-refractivity contribution in [2.75, 3.05) is 25.0 Å². The van der Waals surface area contributed by atoms with Crippen molar-refractivity contribution in [1.82, 2.24) is 20.0 Å². The van der Waals surface area contributed by atoms with E-state index in [1.54, 1.807) is 4.68 Å². The van der Waals surface area contributed by atoms with Crippen LogP contribution < -0.4 is 10.6 Å². The lowest BCUT2D eigenvalue weighted by atomic mass is 9.92. The van der Waals surface area contributed by atoms with Crippen LogP contribution in [0.4, 0.5) is 5.69 Å². The number of piperidine rings is 2. The number of nitrogens with one attached hydrogen (secondary N) is 2. The number of para-hydroxylation sites is 1. The van der Waals surface area contributed by atoms with Gasteiger partial charge in [-0.1, -0.05) is 31.4 Å². The second-order valence-electron chi connectivity index (χ2n) is 9.33. The van der Waals surface area contributed by atoms with Crippen LogP contribution in [0.25, 0.3) is 10.9 Å². The smallest absolute Gasteiger partial charge is 0.235 e. The molecule has 0 radical (unpaired) electrons. The minimum Gasteiger partial charge on any atom is -0.324 e. The molecule has 178 valence electrons. The van der Waals surface area contributed by atoms with E-state index in [2.05, 4.69) is 20.6 Å². The lowest BCUT2D eigenvalue weighted by Gasteiger charge is -2.26. The maximum Gasteiger partial charge on any atom is 0.235 e. The van der Waals surface area contributed by atoms with Crippen LogP contribution in [0.15, 0.2) is 18.2 Å². The zero-order chi connectivity index (χ0) is 23.2. The number of rotatable bonds is 9. The summed E-state index contributed by atoms with van der Waals surface area (Å²) in [5.41, 5.74) is 2.16. The summed E-state index contributed by atoms with van der Waals surface area (Å²) in [6.07, 6.45) is 9.61. The molecule has 1 aromatic carbocycles. The molecular weight excluding hydrogens is 418 g/mol. The number of likely N-dealkylation sites (tertiary alicyclic amines) is 1. The van der Waals surface area contributed by atoms with E-state index in [0.717, 1.165) is 30.2 Å². The second kappa shape index (κ2) is 10.9. The van der Waals surface area contributed by atoms with Gasteiger partial charge >= 0.3 is 0 Å². The second-order valence-corrected chi connectivity index (χ2v) is 9.33. The van der Waals surface area contributed by atoms with E-state index in [1.165, 1.54) is 45.3 Å². The topological polar surface area (TPSA) is 96.3 Å². The van der Waals surface area contributed by atoms with Crippen molar-refractivity contribution in [3.63, 3.8) is 0 Å². The number of aryl methyl sites for hydroxylation is 1. The first kappa shape index (κ1) is 23.4. The summed E-state index contributed by atoms with van der Waals surface area (Å²) < 4.78 is 1.71. The minimum atomic E-state index is -0.456. The van der Waals surface area contributed by atoms with Gasteiger partial charge in [0, 0.05) is 25.3 Å². The molecule has 8 nitrogen and oxygen atoms in total. The number of unbranched alkanes of at least 4 members (excludes halogenated alkanes) is 3. The van der Waals surface area contributed by atoms with Crippen LogP contribution in [0.2, 0.25) is 0 Å². The number of benzene rings is 1. The van der Waals surface area contributed by atoms with E-state index in [9.17, 15) is 14.4 Å². The van der Waals surface area contributed by atoms with Gasteiger partial charge in [-0.2, -0.15) is 5.10 Å². The highest BCUT2D eigenvalue weighted by atomic mass is 16.2. The van der Waals surface area contributed by atoms with Crippen LogP contribution in [0.3, 0.4) is 0 Å². The summed E-state index contributed by atoms with van der Waals surface area (Å²) in [6.45, 7) is 3.67. The van der Waals surface area contributed by atoms with Crippen molar-refractivity contribution in [3.05, 3.63) is 23.9 Å². The Morgan fingerprint density at radius 3 is 2.70 bits per heavy atom. The van der Waals surface area contributed by atoms with Gasteiger partial charge in [0.05, 0.1) is 22.8 Å². The third-order valence-corrected chi connectivity index (χ3v) is 6.81. The van der Waals surface area contributed by atoms with Crippen molar-refractivity contribution in [2.24, 2.45) is 7.05 Å². The maximum absolute atomic E-state index is 12.6. The molecule has 2 aliphatic heterocycles. The number of hydrogen-bond acceptors (Lipinski definition) is 5. The zero-order valence-corrected chi connectivity index (χ0v) is 19.6. The average Bonchev–Trinajstić information content (AvgIpc) is 3.14. The van der Waals surface area contributed by atoms with Crippen LogP contribution in [-0.4, -0.2) is 52.0 Å². The molecule has 0 aliphatic carbocycles. The van der Waals surface area contributed by atoms with Gasteiger partial charge in [0.2, 0.25) is 17.7 Å². The number of imide groups is 1.